The van der Waals surface area contributed by atoms with E-state index in [2.05, 4.69) is 0 Å². The Balaban J connectivity index is 1.87. The largest absolute Gasteiger partial charge is 0.493 e. The lowest BCUT2D eigenvalue weighted by molar-refractivity contribution is -0.163. The van der Waals surface area contributed by atoms with Crippen molar-refractivity contribution in [2.24, 2.45) is 5.41 Å². The van der Waals surface area contributed by atoms with E-state index in [1.54, 1.807) is 31.2 Å². The molecule has 0 atom stereocenters. The number of ether oxygens (including phenoxy) is 4. The van der Waals surface area contributed by atoms with Crippen molar-refractivity contribution < 1.29 is 36.8 Å². The van der Waals surface area contributed by atoms with Gasteiger partial charge in [0.15, 0.2) is 17.3 Å². The van der Waals surface area contributed by atoms with Crippen molar-refractivity contribution in [2.75, 3.05) is 27.3 Å². The van der Waals surface area contributed by atoms with Gasteiger partial charge in [0.1, 0.15) is 12.0 Å². The average Bonchev–Trinajstić information content (AvgIpc) is 3.14. The predicted molar refractivity (Wildman–Crippen MR) is 116 cm³/mol. The van der Waals surface area contributed by atoms with Crippen LogP contribution in [-0.4, -0.2) is 39.0 Å². The Hall–Kier alpha value is -3.02. The van der Waals surface area contributed by atoms with Gasteiger partial charge >= 0.3 is 5.97 Å². The minimum absolute atomic E-state index is 0.00336. The molecule has 2 aromatic rings. The number of benzene rings is 2. The third kappa shape index (κ3) is 3.64. The number of ketones is 1. The molecule has 0 spiro atoms. The summed E-state index contributed by atoms with van der Waals surface area (Å²) in [5, 5.41) is 0. The van der Waals surface area contributed by atoms with Crippen LogP contribution in [0.2, 0.25) is 0 Å². The quantitative estimate of drug-likeness (QED) is 0.570. The van der Waals surface area contributed by atoms with Gasteiger partial charge in [-0.15, -0.1) is 0 Å². The zero-order chi connectivity index (χ0) is 27.0. The molecule has 1 saturated carbocycles. The zero-order valence-corrected chi connectivity index (χ0v) is 17.3. The first-order chi connectivity index (χ1) is 17.3. The second-order valence-corrected chi connectivity index (χ2v) is 7.87. The smallest absolute Gasteiger partial charge is 0.315 e. The molecule has 0 heterocycles. The highest BCUT2D eigenvalue weighted by Crippen LogP contribution is 2.49. The van der Waals surface area contributed by atoms with Gasteiger partial charge < -0.3 is 18.9 Å². The van der Waals surface area contributed by atoms with E-state index in [-0.39, 0.29) is 30.5 Å². The van der Waals surface area contributed by atoms with Crippen LogP contribution in [0, 0.1) is 5.41 Å². The molecule has 0 saturated heterocycles. The van der Waals surface area contributed by atoms with E-state index >= 15 is 0 Å². The molecule has 0 unspecified atom stereocenters. The fourth-order valence-electron chi connectivity index (χ4n) is 4.33. The highest BCUT2D eigenvalue weighted by Gasteiger charge is 2.47. The summed E-state index contributed by atoms with van der Waals surface area (Å²) < 4.78 is 67.4. The first-order valence-electron chi connectivity index (χ1n) is 13.3. The number of hydrogen-bond donors (Lipinski definition) is 0. The molecule has 2 aromatic carbocycles. The number of Topliss-reactive ketones (excluding diaryl/α,β-unsaturated/α-hetero) is 1. The third-order valence-electron chi connectivity index (χ3n) is 6.17. The molecule has 0 amide bonds. The Kier molecular flexibility index (Phi) is 4.14. The molecule has 0 aliphatic heterocycles. The summed E-state index contributed by atoms with van der Waals surface area (Å²) in [6.45, 7) is 1.77. The van der Waals surface area contributed by atoms with Crippen molar-refractivity contribution >= 4 is 11.8 Å². The van der Waals surface area contributed by atoms with Crippen molar-refractivity contribution in [3.63, 3.8) is 0 Å². The van der Waals surface area contributed by atoms with Gasteiger partial charge in [0, 0.05) is 17.5 Å². The molecule has 2 aliphatic rings. The monoisotopic (exact) mass is 430 g/mol. The van der Waals surface area contributed by atoms with Crippen LogP contribution in [-0.2, 0) is 16.0 Å². The predicted octanol–water partition coefficient (Wildman–Crippen LogP) is 4.61. The molecule has 6 nitrogen and oxygen atoms in total. The highest BCUT2D eigenvalue weighted by atomic mass is 16.5. The number of esters is 1. The summed E-state index contributed by atoms with van der Waals surface area (Å²) in [5.41, 5.74) is 1.42. The molecule has 1 fully saturated rings. The molecular formula is C25H28O6. The summed E-state index contributed by atoms with van der Waals surface area (Å²) in [4.78, 5) is 25.1. The van der Waals surface area contributed by atoms with E-state index < -0.39 is 31.2 Å². The second-order valence-electron chi connectivity index (χ2n) is 7.87. The van der Waals surface area contributed by atoms with E-state index in [1.807, 2.05) is 0 Å². The van der Waals surface area contributed by atoms with Gasteiger partial charge in [-0.3, -0.25) is 9.59 Å². The first-order valence-corrected chi connectivity index (χ1v) is 10.3. The second kappa shape index (κ2) is 8.61. The third-order valence-corrected chi connectivity index (χ3v) is 6.17. The molecule has 0 N–H and O–H groups in total. The molecule has 31 heavy (non-hydrogen) atoms. The fraction of sp³-hybridized carbons (Fsp3) is 0.440. The van der Waals surface area contributed by atoms with E-state index in [4.69, 9.17) is 27.2 Å². The lowest BCUT2D eigenvalue weighted by Crippen LogP contribution is -2.44. The van der Waals surface area contributed by atoms with Crippen LogP contribution >= 0.6 is 0 Å². The van der Waals surface area contributed by atoms with Crippen LogP contribution in [0.25, 0.3) is 11.1 Å². The summed E-state index contributed by atoms with van der Waals surface area (Å²) in [7, 11) is -5.86. The molecule has 0 bridgehead atoms. The Bertz CT molecular complexity index is 1200. The first kappa shape index (κ1) is 14.9. The van der Waals surface area contributed by atoms with Gasteiger partial charge in [0.05, 0.1) is 28.9 Å². The molecule has 2 aliphatic carbocycles. The van der Waals surface area contributed by atoms with Gasteiger partial charge in [-0.2, -0.15) is 0 Å². The fourth-order valence-corrected chi connectivity index (χ4v) is 4.33. The number of rotatable bonds is 8. The van der Waals surface area contributed by atoms with E-state index in [0.29, 0.717) is 42.4 Å². The lowest BCUT2D eigenvalue weighted by Gasteiger charge is -2.38. The topological polar surface area (TPSA) is 71.1 Å². The number of carbonyl (C=O) groups is 2. The summed E-state index contributed by atoms with van der Waals surface area (Å²) in [5.74, 6) is -1.27. The van der Waals surface area contributed by atoms with Crippen molar-refractivity contribution in [2.45, 2.75) is 39.0 Å². The lowest BCUT2D eigenvalue weighted by atomic mass is 9.69. The van der Waals surface area contributed by atoms with Crippen molar-refractivity contribution in [3.8, 4) is 28.4 Å². The molecule has 0 radical (unpaired) electrons. The van der Waals surface area contributed by atoms with Crippen LogP contribution in [0.3, 0.4) is 0 Å². The van der Waals surface area contributed by atoms with E-state index in [9.17, 15) is 9.59 Å². The highest BCUT2D eigenvalue weighted by molar-refractivity contribution is 6.02. The molecule has 6 heteroatoms. The minimum Gasteiger partial charge on any atom is -0.493 e. The van der Waals surface area contributed by atoms with Gasteiger partial charge in [-0.25, -0.2) is 0 Å². The average molecular weight is 431 g/mol. The summed E-state index contributed by atoms with van der Waals surface area (Å²) >= 11 is 0. The number of hydrogen-bond acceptors (Lipinski definition) is 6. The summed E-state index contributed by atoms with van der Waals surface area (Å²) in [6, 6.07) is 8.05. The minimum atomic E-state index is -2.96. The number of carbonyl (C=O) groups excluding carboxylic acids is 2. The number of fused-ring (bicyclic) bond motifs is 1. The van der Waals surface area contributed by atoms with Crippen molar-refractivity contribution in [1.29, 1.82) is 0 Å². The zero-order valence-electron chi connectivity index (χ0n) is 23.3. The molecule has 0 aromatic heterocycles. The Morgan fingerprint density at radius 3 is 2.55 bits per heavy atom. The van der Waals surface area contributed by atoms with Crippen molar-refractivity contribution in [1.82, 2.24) is 0 Å². The van der Waals surface area contributed by atoms with Crippen LogP contribution in [0.15, 0.2) is 30.3 Å². The Morgan fingerprint density at radius 1 is 1.03 bits per heavy atom. The maximum absolute atomic E-state index is 12.7. The molecular weight excluding hydrogens is 396 g/mol. The SMILES string of the molecule is [2H]C([2H])([2H])Oc1ccc(-c2cccc3c2CCC3=O)c(OCC2(C(=O)OCC)CCC2)c1OC([2H])([2H])[2H]. The molecule has 164 valence electrons. The van der Waals surface area contributed by atoms with E-state index in [0.717, 1.165) is 12.0 Å². The van der Waals surface area contributed by atoms with Crippen LogP contribution in [0.5, 0.6) is 17.2 Å². The normalized spacial score (nSPS) is 20.0. The van der Waals surface area contributed by atoms with Gasteiger partial charge in [0.2, 0.25) is 5.75 Å². The van der Waals surface area contributed by atoms with Crippen LogP contribution in [0.1, 0.15) is 56.8 Å². The van der Waals surface area contributed by atoms with Gasteiger partial charge in [0.25, 0.3) is 0 Å². The van der Waals surface area contributed by atoms with Gasteiger partial charge in [-0.1, -0.05) is 24.6 Å². The van der Waals surface area contributed by atoms with E-state index in [1.165, 1.54) is 6.07 Å². The van der Waals surface area contributed by atoms with Crippen LogP contribution in [0.4, 0.5) is 0 Å². The van der Waals surface area contributed by atoms with Gasteiger partial charge in [-0.05, 0) is 49.4 Å². The summed E-state index contributed by atoms with van der Waals surface area (Å²) in [6.07, 6.45) is 2.67. The Labute approximate surface area is 190 Å². The maximum atomic E-state index is 12.7. The standard InChI is InChI=1S/C25H28O6/c1-4-30-24(27)25(13-6-14-25)15-31-22-19(10-12-21(28-2)23(22)29-3)16-7-5-8-18-17(16)9-11-20(18)26/h5,7-8,10,12H,4,6,9,11,13-15H2,1-3H3/i2D3,3D3. The Morgan fingerprint density at radius 2 is 1.84 bits per heavy atom. The number of methoxy groups -OCH3 is 2. The van der Waals surface area contributed by atoms with Crippen molar-refractivity contribution in [3.05, 3.63) is 41.5 Å². The molecule has 4 rings (SSSR count). The van der Waals surface area contributed by atoms with Crippen LogP contribution < -0.4 is 14.2 Å². The maximum Gasteiger partial charge on any atom is 0.315 e.